The van der Waals surface area contributed by atoms with E-state index in [2.05, 4.69) is 13.8 Å². The molecule has 0 spiro atoms. The van der Waals surface area contributed by atoms with Gasteiger partial charge in [0.25, 0.3) is 0 Å². The van der Waals surface area contributed by atoms with Crippen LogP contribution < -0.4 is 4.74 Å². The molecule has 0 bridgehead atoms. The van der Waals surface area contributed by atoms with Gasteiger partial charge >= 0.3 is 5.97 Å². The van der Waals surface area contributed by atoms with Gasteiger partial charge in [0.15, 0.2) is 0 Å². The number of ether oxygens (including phenoxy) is 2. The largest absolute Gasteiger partial charge is 0.497 e. The Morgan fingerprint density at radius 1 is 1.20 bits per heavy atom. The van der Waals surface area contributed by atoms with Gasteiger partial charge in [-0.1, -0.05) is 45.2 Å². The molecule has 0 saturated heterocycles. The number of rotatable bonds is 9. The molecule has 1 aromatic rings. The Labute approximate surface area is 122 Å². The molecule has 0 aliphatic rings. The molecule has 1 aromatic carbocycles. The van der Waals surface area contributed by atoms with Gasteiger partial charge < -0.3 is 9.47 Å². The first-order chi connectivity index (χ1) is 9.65. The molecule has 20 heavy (non-hydrogen) atoms. The van der Waals surface area contributed by atoms with Crippen LogP contribution in [0.2, 0.25) is 0 Å². The van der Waals surface area contributed by atoms with E-state index in [1.54, 1.807) is 7.11 Å². The third-order valence-corrected chi connectivity index (χ3v) is 3.58. The highest BCUT2D eigenvalue weighted by Gasteiger charge is 2.05. The lowest BCUT2D eigenvalue weighted by atomic mass is 10.0. The Hall–Kier alpha value is -1.51. The van der Waals surface area contributed by atoms with Crippen molar-refractivity contribution < 1.29 is 14.3 Å². The third kappa shape index (κ3) is 6.60. The zero-order valence-corrected chi connectivity index (χ0v) is 12.9. The Bertz CT molecular complexity index is 384. The normalized spacial score (nSPS) is 11.9. The van der Waals surface area contributed by atoms with E-state index in [4.69, 9.17) is 9.47 Å². The van der Waals surface area contributed by atoms with Gasteiger partial charge in [-0.2, -0.15) is 0 Å². The van der Waals surface area contributed by atoms with E-state index in [9.17, 15) is 4.79 Å². The first-order valence-electron chi connectivity index (χ1n) is 7.44. The quantitative estimate of drug-likeness (QED) is 0.498. The summed E-state index contributed by atoms with van der Waals surface area (Å²) in [6.45, 7) is 4.80. The van der Waals surface area contributed by atoms with Crippen LogP contribution in [0, 0.1) is 5.92 Å². The van der Waals surface area contributed by atoms with Crippen molar-refractivity contribution in [2.45, 2.75) is 52.6 Å². The molecule has 0 fully saturated rings. The third-order valence-electron chi connectivity index (χ3n) is 3.58. The summed E-state index contributed by atoms with van der Waals surface area (Å²) in [5, 5.41) is 0. The standard InChI is InChI=1S/C17H26O3/c1-4-14(2)7-5-6-8-17(18)20-13-15-9-11-16(19-3)12-10-15/h9-12,14H,4-8,13H2,1-3H3. The van der Waals surface area contributed by atoms with Crippen LogP contribution in [0.3, 0.4) is 0 Å². The average molecular weight is 278 g/mol. The lowest BCUT2D eigenvalue weighted by Gasteiger charge is -2.08. The van der Waals surface area contributed by atoms with Crippen LogP contribution in [0.5, 0.6) is 5.75 Å². The minimum atomic E-state index is -0.107. The summed E-state index contributed by atoms with van der Waals surface area (Å²) in [7, 11) is 1.63. The number of hydrogen-bond acceptors (Lipinski definition) is 3. The van der Waals surface area contributed by atoms with Crippen molar-refractivity contribution in [2.24, 2.45) is 5.92 Å². The first kappa shape index (κ1) is 16.5. The number of carbonyl (C=O) groups is 1. The second-order valence-corrected chi connectivity index (χ2v) is 5.27. The van der Waals surface area contributed by atoms with Crippen LogP contribution >= 0.6 is 0 Å². The molecule has 0 heterocycles. The number of methoxy groups -OCH3 is 1. The van der Waals surface area contributed by atoms with Crippen molar-refractivity contribution in [1.82, 2.24) is 0 Å². The molecule has 0 aromatic heterocycles. The fraction of sp³-hybridized carbons (Fsp3) is 0.588. The maximum absolute atomic E-state index is 11.6. The van der Waals surface area contributed by atoms with Gasteiger partial charge in [0, 0.05) is 6.42 Å². The maximum Gasteiger partial charge on any atom is 0.306 e. The lowest BCUT2D eigenvalue weighted by Crippen LogP contribution is -2.04. The molecule has 1 unspecified atom stereocenters. The van der Waals surface area contributed by atoms with Gasteiger partial charge in [-0.15, -0.1) is 0 Å². The second-order valence-electron chi connectivity index (χ2n) is 5.27. The Morgan fingerprint density at radius 2 is 1.90 bits per heavy atom. The Morgan fingerprint density at radius 3 is 2.50 bits per heavy atom. The van der Waals surface area contributed by atoms with E-state index >= 15 is 0 Å². The molecule has 1 atom stereocenters. The fourth-order valence-electron chi connectivity index (χ4n) is 1.92. The fourth-order valence-corrected chi connectivity index (χ4v) is 1.92. The van der Waals surface area contributed by atoms with E-state index in [0.29, 0.717) is 13.0 Å². The molecule has 0 amide bonds. The van der Waals surface area contributed by atoms with Gasteiger partial charge in [0.1, 0.15) is 12.4 Å². The van der Waals surface area contributed by atoms with Crippen LogP contribution in [0.25, 0.3) is 0 Å². The van der Waals surface area contributed by atoms with E-state index in [1.807, 2.05) is 24.3 Å². The number of hydrogen-bond donors (Lipinski definition) is 0. The smallest absolute Gasteiger partial charge is 0.306 e. The second kappa shape index (κ2) is 9.40. The zero-order chi connectivity index (χ0) is 14.8. The molecule has 0 aliphatic heterocycles. The van der Waals surface area contributed by atoms with E-state index in [1.165, 1.54) is 12.8 Å². The van der Waals surface area contributed by atoms with Gasteiger partial charge in [0.2, 0.25) is 0 Å². The molecule has 3 nitrogen and oxygen atoms in total. The van der Waals surface area contributed by atoms with Crippen molar-refractivity contribution in [3.05, 3.63) is 29.8 Å². The van der Waals surface area contributed by atoms with Gasteiger partial charge in [-0.05, 0) is 30.0 Å². The predicted molar refractivity (Wildman–Crippen MR) is 80.7 cm³/mol. The summed E-state index contributed by atoms with van der Waals surface area (Å²) in [4.78, 5) is 11.6. The number of benzene rings is 1. The highest BCUT2D eigenvalue weighted by molar-refractivity contribution is 5.69. The van der Waals surface area contributed by atoms with Crippen LogP contribution in [-0.4, -0.2) is 13.1 Å². The summed E-state index contributed by atoms with van der Waals surface area (Å²) >= 11 is 0. The van der Waals surface area contributed by atoms with E-state index < -0.39 is 0 Å². The highest BCUT2D eigenvalue weighted by Crippen LogP contribution is 2.14. The van der Waals surface area contributed by atoms with Crippen molar-refractivity contribution in [3.8, 4) is 5.75 Å². The molecule has 0 saturated carbocycles. The van der Waals surface area contributed by atoms with Gasteiger partial charge in [0.05, 0.1) is 7.11 Å². The Kier molecular flexibility index (Phi) is 7.78. The van der Waals surface area contributed by atoms with Crippen molar-refractivity contribution in [1.29, 1.82) is 0 Å². The highest BCUT2D eigenvalue weighted by atomic mass is 16.5. The van der Waals surface area contributed by atoms with Crippen LogP contribution in [0.4, 0.5) is 0 Å². The number of unbranched alkanes of at least 4 members (excludes halogenated alkanes) is 1. The minimum Gasteiger partial charge on any atom is -0.497 e. The van der Waals surface area contributed by atoms with E-state index in [-0.39, 0.29) is 5.97 Å². The summed E-state index contributed by atoms with van der Waals surface area (Å²) in [5.74, 6) is 1.46. The summed E-state index contributed by atoms with van der Waals surface area (Å²) in [6, 6.07) is 7.56. The Balaban J connectivity index is 2.16. The van der Waals surface area contributed by atoms with Crippen LogP contribution in [0.15, 0.2) is 24.3 Å². The average Bonchev–Trinajstić information content (AvgIpc) is 2.49. The summed E-state index contributed by atoms with van der Waals surface area (Å²) in [5.41, 5.74) is 0.985. The molecule has 3 heteroatoms. The molecular formula is C17H26O3. The first-order valence-corrected chi connectivity index (χ1v) is 7.44. The predicted octanol–water partition coefficient (Wildman–Crippen LogP) is 4.34. The van der Waals surface area contributed by atoms with Crippen LogP contribution in [0.1, 0.15) is 51.5 Å². The lowest BCUT2D eigenvalue weighted by molar-refractivity contribution is -0.145. The number of carbonyl (C=O) groups excluding carboxylic acids is 1. The minimum absolute atomic E-state index is 0.107. The molecule has 0 radical (unpaired) electrons. The SMILES string of the molecule is CCC(C)CCCCC(=O)OCc1ccc(OC)cc1. The molecule has 112 valence electrons. The topological polar surface area (TPSA) is 35.5 Å². The van der Waals surface area contributed by atoms with Crippen molar-refractivity contribution >= 4 is 5.97 Å². The van der Waals surface area contributed by atoms with Crippen molar-refractivity contribution in [2.75, 3.05) is 7.11 Å². The summed E-state index contributed by atoms with van der Waals surface area (Å²) < 4.78 is 10.3. The number of esters is 1. The van der Waals surface area contributed by atoms with Crippen LogP contribution in [-0.2, 0) is 16.1 Å². The van der Waals surface area contributed by atoms with Gasteiger partial charge in [-0.25, -0.2) is 0 Å². The van der Waals surface area contributed by atoms with Gasteiger partial charge in [-0.3, -0.25) is 4.79 Å². The van der Waals surface area contributed by atoms with Crippen molar-refractivity contribution in [3.63, 3.8) is 0 Å². The van der Waals surface area contributed by atoms with E-state index in [0.717, 1.165) is 30.1 Å². The molecule has 1 rings (SSSR count). The molecular weight excluding hydrogens is 252 g/mol. The summed E-state index contributed by atoms with van der Waals surface area (Å²) in [6.07, 6.45) is 4.95. The maximum atomic E-state index is 11.6. The monoisotopic (exact) mass is 278 g/mol. The zero-order valence-electron chi connectivity index (χ0n) is 12.9. The molecule has 0 N–H and O–H groups in total. The molecule has 0 aliphatic carbocycles.